The van der Waals surface area contributed by atoms with E-state index in [4.69, 9.17) is 0 Å². The molecule has 0 aliphatic heterocycles. The van der Waals surface area contributed by atoms with Crippen LogP contribution < -0.4 is 0 Å². The summed E-state index contributed by atoms with van der Waals surface area (Å²) in [5, 5.41) is 0. The summed E-state index contributed by atoms with van der Waals surface area (Å²) in [4.78, 5) is 0. The van der Waals surface area contributed by atoms with Gasteiger partial charge in [-0.3, -0.25) is 4.70 Å². The summed E-state index contributed by atoms with van der Waals surface area (Å²) >= 11 is 0. The van der Waals surface area contributed by atoms with Crippen LogP contribution in [0, 0.1) is 0 Å². The first kappa shape index (κ1) is 26.0. The fraction of sp³-hybridized carbons (Fsp3) is 0. The molecule has 2 heteroatoms. The molecule has 0 heterocycles. The monoisotopic (exact) mass is 176 g/mol. The highest BCUT2D eigenvalue weighted by atomic mass is 127. The van der Waals surface area contributed by atoms with Gasteiger partial charge in [-0.1, -0.05) is 0 Å². The van der Waals surface area contributed by atoms with Crippen LogP contribution in [0.2, 0.25) is 0 Å². The largest absolute Gasteiger partial charge is 0.269 e. The maximum Gasteiger partial charge on any atom is -0.106 e. The molecule has 0 saturated heterocycles. The Balaban J connectivity index is -0.00000000500. The van der Waals surface area contributed by atoms with Gasteiger partial charge in [0.2, 0.25) is 0 Å². The van der Waals surface area contributed by atoms with Crippen LogP contribution in [0.5, 0.6) is 0 Å². The summed E-state index contributed by atoms with van der Waals surface area (Å²) in [5.74, 6) is 0. The summed E-state index contributed by atoms with van der Waals surface area (Å²) in [6, 6.07) is 0. The lowest BCUT2D eigenvalue weighted by molar-refractivity contribution is 1.11. The summed E-state index contributed by atoms with van der Waals surface area (Å²) in [5.41, 5.74) is 0. The molecule has 0 radical (unpaired) electrons. The minimum absolute atomic E-state index is 0. The van der Waals surface area contributed by atoms with Crippen LogP contribution in [0.3, 0.4) is 0 Å². The molecule has 0 nitrogen and oxygen atoms in total. The zero-order valence-corrected chi connectivity index (χ0v) is 4.56. The number of hydrogen-bond donors (Lipinski definition) is 0. The minimum atomic E-state index is 0. The topological polar surface area (TPSA) is 0 Å². The molecule has 0 amide bonds. The molecule has 0 fully saturated rings. The maximum atomic E-state index is 3.00. The zero-order valence-electron chi connectivity index (χ0n) is 2.23. The van der Waals surface area contributed by atoms with Crippen LogP contribution in [0.4, 0.5) is 4.70 Å². The number of hydrogen-bond acceptors (Lipinski definition) is 0. The second-order valence-corrected chi connectivity index (χ2v) is 0. The summed E-state index contributed by atoms with van der Waals surface area (Å²) in [6.07, 6.45) is 0. The van der Waals surface area contributed by atoms with Gasteiger partial charge in [-0.2, -0.15) is 0 Å². The van der Waals surface area contributed by atoms with Crippen molar-refractivity contribution in [2.45, 2.75) is 0 Å². The first-order chi connectivity index (χ1) is 1.00. The molecule has 0 rings (SSSR count). The molecule has 0 aliphatic rings. The number of rotatable bonds is 0. The van der Waals surface area contributed by atoms with Crippen molar-refractivity contribution in [1.29, 1.82) is 0 Å². The highest BCUT2D eigenvalue weighted by molar-refractivity contribution is 14.0. The molecule has 0 aromatic heterocycles. The van der Waals surface area contributed by atoms with Gasteiger partial charge in [0.1, 0.15) is 0 Å². The normalized spacial score (nSPS) is 1.00. The molecule has 0 aromatic rings. The summed E-state index contributed by atoms with van der Waals surface area (Å²) in [7, 11) is 0. The molecule has 0 aromatic carbocycles. The van der Waals surface area contributed by atoms with Crippen molar-refractivity contribution >= 4 is 24.0 Å². The van der Waals surface area contributed by atoms with E-state index in [0.717, 1.165) is 0 Å². The Morgan fingerprint density at radius 3 is 1.00 bits per heavy atom. The van der Waals surface area contributed by atoms with E-state index in [-0.39, 0.29) is 28.7 Å². The second kappa shape index (κ2) is 122. The van der Waals surface area contributed by atoms with Gasteiger partial charge >= 0.3 is 0 Å². The molecular weight excluding hydrogens is 170 g/mol. The van der Waals surface area contributed by atoms with E-state index in [0.29, 0.717) is 0 Å². The number of halogens is 2. The fourth-order valence-electron chi connectivity index (χ4n) is 0. The van der Waals surface area contributed by atoms with Crippen LogP contribution >= 0.6 is 24.0 Å². The van der Waals surface area contributed by atoms with Crippen LogP contribution in [0.15, 0.2) is 13.2 Å². The van der Waals surface area contributed by atoms with Gasteiger partial charge in [-0.05, 0) is 0 Å². The third kappa shape index (κ3) is 29.4. The smallest absolute Gasteiger partial charge is 0.106 e. The summed E-state index contributed by atoms with van der Waals surface area (Å²) < 4.78 is 0. The molecule has 28 valence electrons. The van der Waals surface area contributed by atoms with E-state index in [2.05, 4.69) is 13.2 Å². The van der Waals surface area contributed by atoms with Crippen LogP contribution in [0.25, 0.3) is 0 Å². The van der Waals surface area contributed by atoms with Gasteiger partial charge in [0.15, 0.2) is 0 Å². The lowest BCUT2D eigenvalue weighted by Gasteiger charge is -0.813. The predicted octanol–water partition coefficient (Wildman–Crippen LogP) is 1.57. The van der Waals surface area contributed by atoms with E-state index in [1.54, 1.807) is 0 Å². The van der Waals surface area contributed by atoms with Gasteiger partial charge in [-0.25, -0.2) is 0 Å². The average molecular weight is 176 g/mol. The van der Waals surface area contributed by atoms with Crippen LogP contribution in [-0.4, -0.2) is 0 Å². The van der Waals surface area contributed by atoms with Gasteiger partial charge in [0.25, 0.3) is 0 Å². The Kier molecular flexibility index (Phi) is 794. The van der Waals surface area contributed by atoms with Crippen molar-refractivity contribution < 1.29 is 4.70 Å². The van der Waals surface area contributed by atoms with Crippen LogP contribution in [-0.2, 0) is 0 Å². The Morgan fingerprint density at radius 1 is 1.00 bits per heavy atom. The van der Waals surface area contributed by atoms with E-state index in [1.807, 2.05) is 0 Å². The Morgan fingerprint density at radius 2 is 1.00 bits per heavy atom. The molecule has 0 spiro atoms. The Labute approximate surface area is 42.3 Å². The highest BCUT2D eigenvalue weighted by Gasteiger charge is 0.601. The van der Waals surface area contributed by atoms with Crippen molar-refractivity contribution in [1.82, 2.24) is 0 Å². The molecule has 4 heavy (non-hydrogen) atoms. The molecule has 0 saturated carbocycles. The predicted molar refractivity (Wildman–Crippen MR) is 29.2 cm³/mol. The molecule has 0 aliphatic carbocycles. The van der Waals surface area contributed by atoms with Crippen molar-refractivity contribution in [3.8, 4) is 0 Å². The molecular formula is C2H6FI. The quantitative estimate of drug-likeness (QED) is 0.388. The third-order valence-corrected chi connectivity index (χ3v) is 0. The molecule has 0 N–H and O–H groups in total. The lowest BCUT2D eigenvalue weighted by atomic mass is 11.3. The molecule has 0 unspecified atom stereocenters. The Bertz CT molecular complexity index is 6.00. The second-order valence-electron chi connectivity index (χ2n) is 0. The first-order valence-electron chi connectivity index (χ1n) is 0.500. The van der Waals surface area contributed by atoms with Crippen molar-refractivity contribution in [2.24, 2.45) is 0 Å². The van der Waals surface area contributed by atoms with Crippen molar-refractivity contribution in [3.63, 3.8) is 0 Å². The van der Waals surface area contributed by atoms with Gasteiger partial charge in [-0.15, -0.1) is 37.1 Å². The fourth-order valence-corrected chi connectivity index (χ4v) is 0. The van der Waals surface area contributed by atoms with Gasteiger partial charge in [0.05, 0.1) is 0 Å². The molecule has 0 atom stereocenters. The van der Waals surface area contributed by atoms with E-state index >= 15 is 0 Å². The SMILES string of the molecule is C=C.F.I. The minimum Gasteiger partial charge on any atom is -0.269 e. The maximum absolute atomic E-state index is 3.00. The standard InChI is InChI=1S/C2H4.FH.HI/c1-2;;/h1-2H2;2*1H. The van der Waals surface area contributed by atoms with Crippen LogP contribution in [0.1, 0.15) is 0 Å². The third-order valence-electron chi connectivity index (χ3n) is 0. The van der Waals surface area contributed by atoms with Gasteiger partial charge in [0, 0.05) is 0 Å². The summed E-state index contributed by atoms with van der Waals surface area (Å²) in [6.45, 7) is 6.00. The molecule has 0 bridgehead atoms. The van der Waals surface area contributed by atoms with E-state index in [1.165, 1.54) is 0 Å². The average Bonchev–Trinajstić information content (AvgIpc) is 1.00. The van der Waals surface area contributed by atoms with E-state index in [9.17, 15) is 0 Å². The van der Waals surface area contributed by atoms with Gasteiger partial charge < -0.3 is 0 Å². The van der Waals surface area contributed by atoms with E-state index < -0.39 is 0 Å². The lowest BCUT2D eigenvalue weighted by Crippen LogP contribution is -0.552. The van der Waals surface area contributed by atoms with Crippen molar-refractivity contribution in [2.75, 3.05) is 0 Å². The highest BCUT2D eigenvalue weighted by Crippen LogP contribution is 0.886. The van der Waals surface area contributed by atoms with Crippen molar-refractivity contribution in [3.05, 3.63) is 13.2 Å². The Hall–Kier alpha value is 0.400. The first-order valence-corrected chi connectivity index (χ1v) is 0.500. The zero-order chi connectivity index (χ0) is 2.00.